The van der Waals surface area contributed by atoms with Gasteiger partial charge in [0.2, 0.25) is 0 Å². The summed E-state index contributed by atoms with van der Waals surface area (Å²) in [6.45, 7) is 5.48. The number of fused-ring (bicyclic) bond motifs is 1. The maximum absolute atomic E-state index is 12.8. The zero-order valence-corrected chi connectivity index (χ0v) is 21.0. The predicted octanol–water partition coefficient (Wildman–Crippen LogP) is 6.33. The highest BCUT2D eigenvalue weighted by molar-refractivity contribution is 6.04. The van der Waals surface area contributed by atoms with E-state index in [1.807, 2.05) is 89.6 Å². The van der Waals surface area contributed by atoms with E-state index in [-0.39, 0.29) is 5.91 Å². The van der Waals surface area contributed by atoms with Crippen LogP contribution in [0, 0.1) is 0 Å². The molecule has 0 spiro atoms. The van der Waals surface area contributed by atoms with Crippen molar-refractivity contribution in [1.29, 1.82) is 0 Å². The molecule has 0 atom stereocenters. The topological polar surface area (TPSA) is 83.3 Å². The zero-order chi connectivity index (χ0) is 25.6. The van der Waals surface area contributed by atoms with E-state index in [9.17, 15) is 4.79 Å². The molecule has 0 radical (unpaired) electrons. The van der Waals surface area contributed by atoms with Gasteiger partial charge in [0.15, 0.2) is 5.65 Å². The quantitative estimate of drug-likeness (QED) is 0.225. The van der Waals surface area contributed by atoms with E-state index >= 15 is 0 Å². The molecule has 0 bridgehead atoms. The molecule has 2 heterocycles. The summed E-state index contributed by atoms with van der Waals surface area (Å²) in [4.78, 5) is 17.6. The molecule has 5 rings (SSSR count). The highest BCUT2D eigenvalue weighted by atomic mass is 16.1. The normalized spacial score (nSPS) is 11.0. The van der Waals surface area contributed by atoms with Crippen LogP contribution < -0.4 is 16.0 Å². The molecule has 0 fully saturated rings. The number of amides is 1. The Balaban J connectivity index is 1.36. The summed E-state index contributed by atoms with van der Waals surface area (Å²) < 4.78 is 1.84. The Hall–Kier alpha value is -4.65. The van der Waals surface area contributed by atoms with E-state index in [0.29, 0.717) is 24.6 Å². The van der Waals surface area contributed by atoms with Crippen molar-refractivity contribution in [2.45, 2.75) is 32.9 Å². The van der Waals surface area contributed by atoms with Crippen molar-refractivity contribution in [3.8, 4) is 0 Å². The highest BCUT2D eigenvalue weighted by Gasteiger charge is 2.14. The summed E-state index contributed by atoms with van der Waals surface area (Å²) in [7, 11) is 0. The third-order valence-corrected chi connectivity index (χ3v) is 6.13. The molecule has 0 saturated carbocycles. The molecule has 0 aliphatic rings. The number of carbonyl (C=O) groups excluding carboxylic acids is 1. The van der Waals surface area contributed by atoms with Gasteiger partial charge in [0, 0.05) is 36.0 Å². The number of benzene rings is 3. The first-order valence-electron chi connectivity index (χ1n) is 12.4. The van der Waals surface area contributed by atoms with Crippen molar-refractivity contribution in [3.63, 3.8) is 0 Å². The van der Waals surface area contributed by atoms with E-state index < -0.39 is 0 Å². The Labute approximate surface area is 216 Å². The zero-order valence-electron chi connectivity index (χ0n) is 21.0. The predicted molar refractivity (Wildman–Crippen MR) is 149 cm³/mol. The molecule has 3 N–H and O–H groups in total. The van der Waals surface area contributed by atoms with Gasteiger partial charge in [-0.1, -0.05) is 74.5 Å². The molecule has 186 valence electrons. The van der Waals surface area contributed by atoms with E-state index in [1.54, 1.807) is 0 Å². The summed E-state index contributed by atoms with van der Waals surface area (Å²) in [6, 6.07) is 29.3. The number of hydrogen-bond donors (Lipinski definition) is 3. The van der Waals surface area contributed by atoms with Gasteiger partial charge < -0.3 is 16.0 Å². The molecule has 0 unspecified atom stereocenters. The molecular formula is C30H30N6O. The molecule has 5 aromatic rings. The molecule has 0 aliphatic heterocycles. The molecule has 37 heavy (non-hydrogen) atoms. The second kappa shape index (κ2) is 11.0. The Bertz CT molecular complexity index is 1500. The first kappa shape index (κ1) is 24.1. The van der Waals surface area contributed by atoms with Gasteiger partial charge in [-0.05, 0) is 41.3 Å². The van der Waals surface area contributed by atoms with Crippen molar-refractivity contribution in [1.82, 2.24) is 14.6 Å². The molecule has 7 nitrogen and oxygen atoms in total. The van der Waals surface area contributed by atoms with Gasteiger partial charge in [0.25, 0.3) is 5.91 Å². The number of rotatable bonds is 9. The van der Waals surface area contributed by atoms with E-state index in [1.165, 1.54) is 5.56 Å². The van der Waals surface area contributed by atoms with Crippen LogP contribution in [0.4, 0.5) is 17.3 Å². The molecule has 3 aromatic carbocycles. The van der Waals surface area contributed by atoms with Crippen LogP contribution in [0.5, 0.6) is 0 Å². The number of anilines is 3. The van der Waals surface area contributed by atoms with E-state index in [2.05, 4.69) is 47.0 Å². The fraction of sp³-hybridized carbons (Fsp3) is 0.167. The lowest BCUT2D eigenvalue weighted by molar-refractivity contribution is 0.102. The third kappa shape index (κ3) is 5.78. The minimum absolute atomic E-state index is 0.139. The minimum Gasteiger partial charge on any atom is -0.366 e. The van der Waals surface area contributed by atoms with Crippen LogP contribution in [0.25, 0.3) is 5.65 Å². The Morgan fingerprint density at radius 3 is 2.30 bits per heavy atom. The number of nitrogens with one attached hydrogen (secondary N) is 3. The molecule has 0 saturated heterocycles. The van der Waals surface area contributed by atoms with E-state index in [4.69, 9.17) is 4.98 Å². The van der Waals surface area contributed by atoms with Crippen LogP contribution in [0.15, 0.2) is 97.2 Å². The smallest absolute Gasteiger partial charge is 0.255 e. The monoisotopic (exact) mass is 490 g/mol. The fourth-order valence-electron chi connectivity index (χ4n) is 4.13. The lowest BCUT2D eigenvalue weighted by atomic mass is 10.1. The Morgan fingerprint density at radius 1 is 0.838 bits per heavy atom. The van der Waals surface area contributed by atoms with Crippen molar-refractivity contribution in [2.75, 3.05) is 16.0 Å². The van der Waals surface area contributed by atoms with Crippen LogP contribution >= 0.6 is 0 Å². The summed E-state index contributed by atoms with van der Waals surface area (Å²) in [5.41, 5.74) is 5.46. The maximum Gasteiger partial charge on any atom is 0.255 e. The maximum atomic E-state index is 12.8. The molecule has 7 heteroatoms. The van der Waals surface area contributed by atoms with Gasteiger partial charge in [-0.15, -0.1) is 0 Å². The second-order valence-electron chi connectivity index (χ2n) is 9.23. The van der Waals surface area contributed by atoms with Crippen LogP contribution in [0.2, 0.25) is 0 Å². The third-order valence-electron chi connectivity index (χ3n) is 6.13. The average molecular weight is 491 g/mol. The largest absolute Gasteiger partial charge is 0.366 e. The number of carbonyl (C=O) groups is 1. The Morgan fingerprint density at radius 2 is 1.54 bits per heavy atom. The first-order chi connectivity index (χ1) is 18.1. The number of hydrogen-bond acceptors (Lipinski definition) is 5. The van der Waals surface area contributed by atoms with Gasteiger partial charge in [0.1, 0.15) is 11.6 Å². The molecule has 0 aliphatic carbocycles. The highest BCUT2D eigenvalue weighted by Crippen LogP contribution is 2.25. The van der Waals surface area contributed by atoms with Crippen LogP contribution in [0.3, 0.4) is 0 Å². The van der Waals surface area contributed by atoms with E-state index in [0.717, 1.165) is 34.1 Å². The summed E-state index contributed by atoms with van der Waals surface area (Å²) in [5.74, 6) is 1.76. The van der Waals surface area contributed by atoms with Crippen LogP contribution in [-0.4, -0.2) is 20.5 Å². The lowest BCUT2D eigenvalue weighted by Gasteiger charge is -2.13. The van der Waals surface area contributed by atoms with Gasteiger partial charge in [0.05, 0.1) is 6.20 Å². The van der Waals surface area contributed by atoms with Gasteiger partial charge in [-0.2, -0.15) is 9.61 Å². The number of nitrogens with zero attached hydrogens (tertiary/aromatic N) is 3. The van der Waals surface area contributed by atoms with Gasteiger partial charge in [-0.3, -0.25) is 4.79 Å². The second-order valence-corrected chi connectivity index (χ2v) is 9.23. The molecule has 2 aromatic heterocycles. The number of para-hydroxylation sites is 1. The lowest BCUT2D eigenvalue weighted by Crippen LogP contribution is -2.13. The summed E-state index contributed by atoms with van der Waals surface area (Å²) in [6.07, 6.45) is 1.88. The molecule has 1 amide bonds. The first-order valence-corrected chi connectivity index (χ1v) is 12.4. The summed E-state index contributed by atoms with van der Waals surface area (Å²) in [5, 5.41) is 14.5. The summed E-state index contributed by atoms with van der Waals surface area (Å²) >= 11 is 0. The van der Waals surface area contributed by atoms with Gasteiger partial charge >= 0.3 is 0 Å². The molecular weight excluding hydrogens is 460 g/mol. The fourth-order valence-corrected chi connectivity index (χ4v) is 4.13. The standard InChI is InChI=1S/C30H30N6O/c1-21(2)26-20-33-36-28(17-27(35-29(26)36)31-18-22-10-5-3-6-11-22)32-19-23-12-9-13-24(16-23)30(37)34-25-14-7-4-8-15-25/h3-17,20-21,32H,18-19H2,1-2H3,(H,31,35)(H,34,37). The van der Waals surface area contributed by atoms with Gasteiger partial charge in [-0.25, -0.2) is 4.98 Å². The Kier molecular flexibility index (Phi) is 7.12. The SMILES string of the molecule is CC(C)c1cnn2c(NCc3cccc(C(=O)Nc4ccccc4)c3)cc(NCc3ccccc3)nc12. The average Bonchev–Trinajstić information content (AvgIpc) is 3.36. The number of aromatic nitrogens is 3. The van der Waals surface area contributed by atoms with Crippen molar-refractivity contribution >= 4 is 28.9 Å². The van der Waals surface area contributed by atoms with Crippen molar-refractivity contribution < 1.29 is 4.79 Å². The van der Waals surface area contributed by atoms with Crippen molar-refractivity contribution in [3.05, 3.63) is 119 Å². The van der Waals surface area contributed by atoms with Crippen LogP contribution in [-0.2, 0) is 13.1 Å². The van der Waals surface area contributed by atoms with Crippen molar-refractivity contribution in [2.24, 2.45) is 0 Å². The minimum atomic E-state index is -0.139. The van der Waals surface area contributed by atoms with Crippen LogP contribution in [0.1, 0.15) is 46.8 Å².